The van der Waals surface area contributed by atoms with E-state index in [-0.39, 0.29) is 11.9 Å². The summed E-state index contributed by atoms with van der Waals surface area (Å²) in [5.41, 5.74) is 1.67. The minimum atomic E-state index is 0.0111. The minimum absolute atomic E-state index is 0.0111. The lowest BCUT2D eigenvalue weighted by molar-refractivity contribution is 0.0729. The summed E-state index contributed by atoms with van der Waals surface area (Å²) >= 11 is 0. The minimum Gasteiger partial charge on any atom is -0.494 e. The quantitative estimate of drug-likeness (QED) is 0.867. The maximum Gasteiger partial charge on any atom is 0.272 e. The second-order valence-corrected chi connectivity index (χ2v) is 5.37. The van der Waals surface area contributed by atoms with Gasteiger partial charge in [0, 0.05) is 12.7 Å². The molecule has 1 amide bonds. The topological polar surface area (TPSA) is 42.4 Å². The van der Waals surface area contributed by atoms with Crippen LogP contribution in [0.4, 0.5) is 0 Å². The third-order valence-electron chi connectivity index (χ3n) is 3.97. The fraction of sp³-hybridized carbons (Fsp3) is 0.333. The molecule has 4 nitrogen and oxygen atoms in total. The van der Waals surface area contributed by atoms with Crippen LogP contribution in [0.15, 0.2) is 48.7 Å². The number of hydrogen-bond donors (Lipinski definition) is 0. The molecule has 4 heteroatoms. The Bertz CT molecular complexity index is 625. The zero-order valence-electron chi connectivity index (χ0n) is 12.7. The number of aromatic nitrogens is 1. The van der Waals surface area contributed by atoms with Gasteiger partial charge in [-0.3, -0.25) is 9.78 Å². The molecule has 114 valence electrons. The molecule has 1 fully saturated rings. The summed E-state index contributed by atoms with van der Waals surface area (Å²) in [6, 6.07) is 13.6. The fourth-order valence-electron chi connectivity index (χ4n) is 2.95. The Morgan fingerprint density at radius 1 is 1.27 bits per heavy atom. The Balaban J connectivity index is 1.79. The van der Waals surface area contributed by atoms with Crippen LogP contribution in [0.5, 0.6) is 5.75 Å². The first kappa shape index (κ1) is 14.6. The highest BCUT2D eigenvalue weighted by Crippen LogP contribution is 2.33. The van der Waals surface area contributed by atoms with Crippen LogP contribution in [0, 0.1) is 0 Å². The van der Waals surface area contributed by atoms with Crippen molar-refractivity contribution in [2.24, 2.45) is 0 Å². The second-order valence-electron chi connectivity index (χ2n) is 5.37. The third-order valence-corrected chi connectivity index (χ3v) is 3.97. The van der Waals surface area contributed by atoms with E-state index in [4.69, 9.17) is 4.74 Å². The van der Waals surface area contributed by atoms with E-state index in [9.17, 15) is 4.79 Å². The number of carbonyl (C=O) groups excluding carboxylic acids is 1. The number of benzene rings is 1. The lowest BCUT2D eigenvalue weighted by Crippen LogP contribution is -2.31. The zero-order chi connectivity index (χ0) is 15.4. The largest absolute Gasteiger partial charge is 0.494 e. The summed E-state index contributed by atoms with van der Waals surface area (Å²) in [5, 5.41) is 0. The van der Waals surface area contributed by atoms with Crippen molar-refractivity contribution in [3.63, 3.8) is 0 Å². The molecule has 1 aliphatic rings. The molecule has 0 aliphatic carbocycles. The predicted octanol–water partition coefficient (Wildman–Crippen LogP) is 3.46. The first-order valence-electron chi connectivity index (χ1n) is 7.74. The van der Waals surface area contributed by atoms with Crippen LogP contribution in [-0.4, -0.2) is 28.9 Å². The molecule has 0 saturated carbocycles. The number of amides is 1. The van der Waals surface area contributed by atoms with Gasteiger partial charge in [-0.2, -0.15) is 0 Å². The van der Waals surface area contributed by atoms with Crippen LogP contribution in [0.3, 0.4) is 0 Å². The number of carbonyl (C=O) groups is 1. The molecule has 2 aromatic rings. The van der Waals surface area contributed by atoms with Gasteiger partial charge in [-0.25, -0.2) is 0 Å². The van der Waals surface area contributed by atoms with Crippen LogP contribution < -0.4 is 4.74 Å². The molecule has 1 aliphatic heterocycles. The van der Waals surface area contributed by atoms with Crippen molar-refractivity contribution in [2.45, 2.75) is 25.8 Å². The predicted molar refractivity (Wildman–Crippen MR) is 84.9 cm³/mol. The van der Waals surface area contributed by atoms with Gasteiger partial charge in [-0.15, -0.1) is 0 Å². The summed E-state index contributed by atoms with van der Waals surface area (Å²) in [4.78, 5) is 18.7. The van der Waals surface area contributed by atoms with E-state index in [0.29, 0.717) is 12.3 Å². The lowest BCUT2D eigenvalue weighted by Gasteiger charge is -2.25. The number of ether oxygens (including phenoxy) is 1. The standard InChI is InChI=1S/C18H20N2O2/c1-2-22-15-10-8-14(9-11-15)17-7-5-13-20(17)18(21)16-6-3-4-12-19-16/h3-4,6,8-12,17H,2,5,7,13H2,1H3/t17-/m1/s1. The molecular weight excluding hydrogens is 276 g/mol. The van der Waals surface area contributed by atoms with Crippen molar-refractivity contribution >= 4 is 5.91 Å². The number of hydrogen-bond acceptors (Lipinski definition) is 3. The molecule has 2 heterocycles. The summed E-state index contributed by atoms with van der Waals surface area (Å²) in [7, 11) is 0. The van der Waals surface area contributed by atoms with Crippen LogP contribution in [0.25, 0.3) is 0 Å². The highest BCUT2D eigenvalue weighted by Gasteiger charge is 2.31. The second kappa shape index (κ2) is 6.60. The molecule has 1 aromatic heterocycles. The zero-order valence-corrected chi connectivity index (χ0v) is 12.7. The molecule has 3 rings (SSSR count). The van der Waals surface area contributed by atoms with Crippen molar-refractivity contribution < 1.29 is 9.53 Å². The lowest BCUT2D eigenvalue weighted by atomic mass is 10.0. The van der Waals surface area contributed by atoms with E-state index >= 15 is 0 Å². The van der Waals surface area contributed by atoms with E-state index in [1.807, 2.05) is 36.1 Å². The van der Waals surface area contributed by atoms with Gasteiger partial charge >= 0.3 is 0 Å². The van der Waals surface area contributed by atoms with Gasteiger partial charge in [0.25, 0.3) is 5.91 Å². The van der Waals surface area contributed by atoms with Gasteiger partial charge in [-0.1, -0.05) is 18.2 Å². The van der Waals surface area contributed by atoms with Crippen molar-refractivity contribution in [3.8, 4) is 5.75 Å². The van der Waals surface area contributed by atoms with Crippen LogP contribution in [-0.2, 0) is 0 Å². The molecule has 0 radical (unpaired) electrons. The number of rotatable bonds is 4. The van der Waals surface area contributed by atoms with Crippen LogP contribution in [0.2, 0.25) is 0 Å². The molecule has 22 heavy (non-hydrogen) atoms. The van der Waals surface area contributed by atoms with Crippen LogP contribution >= 0.6 is 0 Å². The van der Waals surface area contributed by atoms with Gasteiger partial charge in [0.05, 0.1) is 12.6 Å². The molecule has 1 atom stereocenters. The molecule has 1 saturated heterocycles. The average Bonchev–Trinajstić information content (AvgIpc) is 3.05. The van der Waals surface area contributed by atoms with Crippen molar-refractivity contribution in [1.29, 1.82) is 0 Å². The Hall–Kier alpha value is -2.36. The Morgan fingerprint density at radius 3 is 2.77 bits per heavy atom. The van der Waals surface area contributed by atoms with E-state index in [0.717, 1.165) is 30.7 Å². The fourth-order valence-corrected chi connectivity index (χ4v) is 2.95. The van der Waals surface area contributed by atoms with Crippen molar-refractivity contribution in [2.75, 3.05) is 13.2 Å². The molecule has 0 unspecified atom stereocenters. The Kier molecular flexibility index (Phi) is 4.37. The molecule has 0 bridgehead atoms. The average molecular weight is 296 g/mol. The Labute approximate surface area is 130 Å². The summed E-state index contributed by atoms with van der Waals surface area (Å²) in [6.45, 7) is 3.42. The maximum absolute atomic E-state index is 12.6. The highest BCUT2D eigenvalue weighted by atomic mass is 16.5. The number of likely N-dealkylation sites (tertiary alicyclic amines) is 1. The maximum atomic E-state index is 12.6. The molecule has 0 N–H and O–H groups in total. The smallest absolute Gasteiger partial charge is 0.272 e. The highest BCUT2D eigenvalue weighted by molar-refractivity contribution is 5.92. The van der Waals surface area contributed by atoms with Gasteiger partial charge in [0.2, 0.25) is 0 Å². The molecule has 0 spiro atoms. The van der Waals surface area contributed by atoms with Gasteiger partial charge in [0.15, 0.2) is 0 Å². The summed E-state index contributed by atoms with van der Waals surface area (Å²) in [5.74, 6) is 0.879. The third kappa shape index (κ3) is 2.96. The van der Waals surface area contributed by atoms with E-state index < -0.39 is 0 Å². The number of pyridine rings is 1. The first-order chi connectivity index (χ1) is 10.8. The summed E-state index contributed by atoms with van der Waals surface area (Å²) < 4.78 is 5.48. The number of nitrogens with zero attached hydrogens (tertiary/aromatic N) is 2. The molecular formula is C18H20N2O2. The van der Waals surface area contributed by atoms with Gasteiger partial charge in [0.1, 0.15) is 11.4 Å². The van der Waals surface area contributed by atoms with E-state index in [1.54, 1.807) is 12.3 Å². The summed E-state index contributed by atoms with van der Waals surface area (Å²) in [6.07, 6.45) is 3.68. The van der Waals surface area contributed by atoms with Gasteiger partial charge in [-0.05, 0) is 49.6 Å². The van der Waals surface area contributed by atoms with E-state index in [2.05, 4.69) is 17.1 Å². The first-order valence-corrected chi connectivity index (χ1v) is 7.74. The monoisotopic (exact) mass is 296 g/mol. The van der Waals surface area contributed by atoms with Crippen molar-refractivity contribution in [3.05, 3.63) is 59.9 Å². The normalized spacial score (nSPS) is 17.5. The van der Waals surface area contributed by atoms with E-state index in [1.165, 1.54) is 0 Å². The SMILES string of the molecule is CCOc1ccc([C@H]2CCCN2C(=O)c2ccccn2)cc1. The van der Waals surface area contributed by atoms with Crippen LogP contribution in [0.1, 0.15) is 41.9 Å². The molecule has 1 aromatic carbocycles. The van der Waals surface area contributed by atoms with Gasteiger partial charge < -0.3 is 9.64 Å². The Morgan fingerprint density at radius 2 is 2.09 bits per heavy atom. The van der Waals surface area contributed by atoms with Crippen molar-refractivity contribution in [1.82, 2.24) is 9.88 Å².